The Morgan fingerprint density at radius 3 is 3.13 bits per heavy atom. The molecule has 1 saturated heterocycles. The van der Waals surface area contributed by atoms with Crippen molar-refractivity contribution in [2.45, 2.75) is 32.4 Å². The monoisotopic (exact) mass is 335 g/mol. The Morgan fingerprint density at radius 1 is 1.57 bits per heavy atom. The molecule has 0 aromatic carbocycles. The van der Waals surface area contributed by atoms with Crippen molar-refractivity contribution in [2.75, 3.05) is 13.1 Å². The van der Waals surface area contributed by atoms with Crippen LogP contribution in [0.2, 0.25) is 0 Å². The smallest absolute Gasteiger partial charge is 0.227 e. The van der Waals surface area contributed by atoms with Crippen molar-refractivity contribution >= 4 is 24.2 Å². The maximum Gasteiger partial charge on any atom is 0.227 e. The SMILES string of the molecule is C/C(Cl)=C(\C=N/NC=O)NC1CCCN(Cc2ccccn2)C1. The van der Waals surface area contributed by atoms with Crippen molar-refractivity contribution in [3.05, 3.63) is 40.8 Å². The summed E-state index contributed by atoms with van der Waals surface area (Å²) in [5.41, 5.74) is 4.06. The normalized spacial score (nSPS) is 20.2. The van der Waals surface area contributed by atoms with Crippen LogP contribution in [0.3, 0.4) is 0 Å². The quantitative estimate of drug-likeness (QED) is 0.453. The van der Waals surface area contributed by atoms with Gasteiger partial charge < -0.3 is 5.32 Å². The van der Waals surface area contributed by atoms with Crippen LogP contribution >= 0.6 is 11.6 Å². The van der Waals surface area contributed by atoms with E-state index in [2.05, 4.69) is 25.7 Å². The Bertz CT molecular complexity index is 557. The summed E-state index contributed by atoms with van der Waals surface area (Å²) in [5, 5.41) is 7.82. The molecule has 0 saturated carbocycles. The number of halogens is 1. The zero-order chi connectivity index (χ0) is 16.5. The minimum Gasteiger partial charge on any atom is -0.379 e. The molecule has 1 aliphatic heterocycles. The molecular weight excluding hydrogens is 314 g/mol. The minimum atomic E-state index is 0.291. The van der Waals surface area contributed by atoms with E-state index in [1.165, 1.54) is 6.21 Å². The van der Waals surface area contributed by atoms with Crippen molar-refractivity contribution < 1.29 is 4.79 Å². The fraction of sp³-hybridized carbons (Fsp3) is 0.438. The number of piperidine rings is 1. The zero-order valence-electron chi connectivity index (χ0n) is 13.2. The van der Waals surface area contributed by atoms with Crippen LogP contribution in [0.4, 0.5) is 0 Å². The van der Waals surface area contributed by atoms with Gasteiger partial charge in [0.05, 0.1) is 17.6 Å². The first-order valence-electron chi connectivity index (χ1n) is 7.66. The number of amides is 1. The van der Waals surface area contributed by atoms with Gasteiger partial charge in [-0.1, -0.05) is 17.7 Å². The van der Waals surface area contributed by atoms with Gasteiger partial charge in [0.25, 0.3) is 0 Å². The van der Waals surface area contributed by atoms with Crippen LogP contribution in [0, 0.1) is 0 Å². The zero-order valence-corrected chi connectivity index (χ0v) is 14.0. The van der Waals surface area contributed by atoms with E-state index in [0.29, 0.717) is 17.5 Å². The van der Waals surface area contributed by atoms with Crippen LogP contribution in [-0.2, 0) is 11.3 Å². The lowest BCUT2D eigenvalue weighted by atomic mass is 10.0. The van der Waals surface area contributed by atoms with E-state index in [0.717, 1.165) is 43.9 Å². The Morgan fingerprint density at radius 2 is 2.43 bits per heavy atom. The van der Waals surface area contributed by atoms with Crippen molar-refractivity contribution in [1.29, 1.82) is 0 Å². The van der Waals surface area contributed by atoms with E-state index in [1.807, 2.05) is 24.4 Å². The molecule has 1 aromatic heterocycles. The van der Waals surface area contributed by atoms with E-state index in [-0.39, 0.29) is 0 Å². The minimum absolute atomic E-state index is 0.291. The largest absolute Gasteiger partial charge is 0.379 e. The summed E-state index contributed by atoms with van der Waals surface area (Å²) in [5.74, 6) is 0. The average molecular weight is 336 g/mol. The van der Waals surface area contributed by atoms with Crippen molar-refractivity contribution in [3.63, 3.8) is 0 Å². The number of nitrogens with zero attached hydrogens (tertiary/aromatic N) is 3. The standard InChI is InChI=1S/C16H22ClN5O/c1-13(17)16(9-19-20-12-23)21-15-6-4-8-22(11-15)10-14-5-2-3-7-18-14/h2-3,5,7,9,12,15,21H,4,6,8,10-11H2,1H3,(H,20,23)/b16-13-,19-9-. The van der Waals surface area contributed by atoms with Gasteiger partial charge in [-0.15, -0.1) is 0 Å². The van der Waals surface area contributed by atoms with Crippen LogP contribution in [0.25, 0.3) is 0 Å². The van der Waals surface area contributed by atoms with Gasteiger partial charge in [-0.2, -0.15) is 5.10 Å². The highest BCUT2D eigenvalue weighted by Gasteiger charge is 2.20. The molecule has 23 heavy (non-hydrogen) atoms. The summed E-state index contributed by atoms with van der Waals surface area (Å²) in [6.07, 6.45) is 6.06. The van der Waals surface area contributed by atoms with Gasteiger partial charge >= 0.3 is 0 Å². The molecule has 1 fully saturated rings. The highest BCUT2D eigenvalue weighted by molar-refractivity contribution is 6.30. The number of hydrogen-bond donors (Lipinski definition) is 2. The Balaban J connectivity index is 1.92. The number of hydrazone groups is 1. The van der Waals surface area contributed by atoms with Crippen LogP contribution < -0.4 is 10.7 Å². The number of aromatic nitrogens is 1. The number of carbonyl (C=O) groups excluding carboxylic acids is 1. The number of pyridine rings is 1. The maximum absolute atomic E-state index is 10.3. The molecule has 0 spiro atoms. The third-order valence-electron chi connectivity index (χ3n) is 3.67. The Hall–Kier alpha value is -1.92. The Labute approximate surface area is 141 Å². The summed E-state index contributed by atoms with van der Waals surface area (Å²) in [6.45, 7) is 4.62. The lowest BCUT2D eigenvalue weighted by Crippen LogP contribution is -2.45. The fourth-order valence-corrected chi connectivity index (χ4v) is 2.72. The van der Waals surface area contributed by atoms with Crippen LogP contribution in [0.15, 0.2) is 40.2 Å². The predicted molar refractivity (Wildman–Crippen MR) is 91.9 cm³/mol. The first kappa shape index (κ1) is 17.4. The average Bonchev–Trinajstić information content (AvgIpc) is 2.55. The summed E-state index contributed by atoms with van der Waals surface area (Å²) in [7, 11) is 0. The van der Waals surface area contributed by atoms with E-state index >= 15 is 0 Å². The number of likely N-dealkylation sites (tertiary alicyclic amines) is 1. The predicted octanol–water partition coefficient (Wildman–Crippen LogP) is 1.84. The summed E-state index contributed by atoms with van der Waals surface area (Å²) >= 11 is 6.09. The van der Waals surface area contributed by atoms with E-state index < -0.39 is 0 Å². The topological polar surface area (TPSA) is 69.6 Å². The molecule has 0 radical (unpaired) electrons. The molecule has 6 nitrogen and oxygen atoms in total. The van der Waals surface area contributed by atoms with Crippen LogP contribution in [0.1, 0.15) is 25.5 Å². The van der Waals surface area contributed by atoms with E-state index in [9.17, 15) is 4.79 Å². The highest BCUT2D eigenvalue weighted by atomic mass is 35.5. The molecule has 2 heterocycles. The highest BCUT2D eigenvalue weighted by Crippen LogP contribution is 2.15. The number of allylic oxidation sites excluding steroid dienone is 2. The van der Waals surface area contributed by atoms with E-state index in [4.69, 9.17) is 11.6 Å². The molecular formula is C16H22ClN5O. The summed E-state index contributed by atoms with van der Waals surface area (Å²) < 4.78 is 0. The third-order valence-corrected chi connectivity index (χ3v) is 3.87. The van der Waals surface area contributed by atoms with Gasteiger partial charge in [-0.25, -0.2) is 5.43 Å². The molecule has 1 unspecified atom stereocenters. The second-order valence-corrected chi connectivity index (χ2v) is 6.06. The second-order valence-electron chi connectivity index (χ2n) is 5.49. The molecule has 0 bridgehead atoms. The molecule has 2 N–H and O–H groups in total. The van der Waals surface area contributed by atoms with Gasteiger partial charge in [0, 0.05) is 30.4 Å². The maximum atomic E-state index is 10.3. The molecule has 2 rings (SSSR count). The fourth-order valence-electron chi connectivity index (χ4n) is 2.62. The lowest BCUT2D eigenvalue weighted by Gasteiger charge is -2.33. The summed E-state index contributed by atoms with van der Waals surface area (Å²) in [4.78, 5) is 17.0. The van der Waals surface area contributed by atoms with Gasteiger partial charge in [-0.05, 0) is 38.4 Å². The number of rotatable bonds is 7. The molecule has 1 atom stereocenters. The second kappa shape index (κ2) is 9.27. The van der Waals surface area contributed by atoms with Crippen molar-refractivity contribution in [2.24, 2.45) is 5.10 Å². The van der Waals surface area contributed by atoms with Crippen LogP contribution in [0.5, 0.6) is 0 Å². The lowest BCUT2D eigenvalue weighted by molar-refractivity contribution is -0.109. The molecule has 7 heteroatoms. The van der Waals surface area contributed by atoms with Gasteiger partial charge in [0.15, 0.2) is 0 Å². The van der Waals surface area contributed by atoms with Gasteiger partial charge in [0.1, 0.15) is 0 Å². The first-order chi connectivity index (χ1) is 11.2. The van der Waals surface area contributed by atoms with Gasteiger partial charge in [0.2, 0.25) is 6.41 Å². The number of carbonyl (C=O) groups is 1. The van der Waals surface area contributed by atoms with Crippen molar-refractivity contribution in [3.8, 4) is 0 Å². The van der Waals surface area contributed by atoms with Gasteiger partial charge in [-0.3, -0.25) is 14.7 Å². The van der Waals surface area contributed by atoms with E-state index in [1.54, 1.807) is 6.92 Å². The molecule has 1 aromatic rings. The third kappa shape index (κ3) is 6.00. The number of hydrogen-bond acceptors (Lipinski definition) is 5. The molecule has 124 valence electrons. The van der Waals surface area contributed by atoms with Crippen molar-refractivity contribution in [1.82, 2.24) is 20.6 Å². The first-order valence-corrected chi connectivity index (χ1v) is 8.04. The number of nitrogens with one attached hydrogen (secondary N) is 2. The van der Waals surface area contributed by atoms with Crippen LogP contribution in [-0.4, -0.2) is 41.6 Å². The Kier molecular flexibility index (Phi) is 7.03. The molecule has 0 aliphatic carbocycles. The molecule has 1 aliphatic rings. The molecule has 1 amide bonds. The summed E-state index contributed by atoms with van der Waals surface area (Å²) in [6, 6.07) is 6.27.